The molecule has 0 aliphatic heterocycles. The summed E-state index contributed by atoms with van der Waals surface area (Å²) in [5.41, 5.74) is 7.05. The van der Waals surface area contributed by atoms with Gasteiger partial charge in [-0.2, -0.15) is 0 Å². The molecule has 2 rings (SSSR count). The molecule has 1 amide bonds. The van der Waals surface area contributed by atoms with Gasteiger partial charge < -0.3 is 10.5 Å². The summed E-state index contributed by atoms with van der Waals surface area (Å²) in [5, 5.41) is 0. The summed E-state index contributed by atoms with van der Waals surface area (Å²) in [7, 11) is -3.86. The smallest absolute Gasteiger partial charge is 0.338 e. The number of sulfonamides is 1. The number of ether oxygens (including phenoxy) is 1. The maximum absolute atomic E-state index is 12.0. The zero-order chi connectivity index (χ0) is 18.4. The monoisotopic (exact) mass is 362 g/mol. The number of benzene rings is 2. The molecule has 0 bridgehead atoms. The number of aryl methyl sites for hydroxylation is 1. The Kier molecular flexibility index (Phi) is 5.89. The second-order valence-corrected chi connectivity index (χ2v) is 7.15. The summed E-state index contributed by atoms with van der Waals surface area (Å²) in [4.78, 5) is 22.6. The number of carbonyl (C=O) groups is 2. The zero-order valence-corrected chi connectivity index (χ0v) is 14.4. The molecule has 0 aliphatic rings. The minimum Gasteiger partial charge on any atom is -0.457 e. The third-order valence-corrected chi connectivity index (χ3v) is 4.71. The molecule has 3 N–H and O–H groups in total. The molecule has 0 saturated heterocycles. The van der Waals surface area contributed by atoms with E-state index in [1.54, 1.807) is 0 Å². The molecular formula is C17H18N2O5S. The van der Waals surface area contributed by atoms with Crippen molar-refractivity contribution in [1.29, 1.82) is 0 Å². The molecule has 0 atom stereocenters. The molecule has 0 radical (unpaired) electrons. The molecule has 0 saturated carbocycles. The Morgan fingerprint density at radius 2 is 1.80 bits per heavy atom. The van der Waals surface area contributed by atoms with E-state index in [1.807, 2.05) is 31.2 Å². The third-order valence-electron chi connectivity index (χ3n) is 3.29. The maximum Gasteiger partial charge on any atom is 0.338 e. The van der Waals surface area contributed by atoms with E-state index in [0.717, 1.165) is 11.1 Å². The fraction of sp³-hybridized carbons (Fsp3) is 0.176. The van der Waals surface area contributed by atoms with E-state index in [-0.39, 0.29) is 17.1 Å². The van der Waals surface area contributed by atoms with Gasteiger partial charge in [-0.15, -0.1) is 0 Å². The Balaban J connectivity index is 2.01. The summed E-state index contributed by atoms with van der Waals surface area (Å²) in [6.07, 6.45) is 0. The van der Waals surface area contributed by atoms with Crippen LogP contribution in [0.1, 0.15) is 21.5 Å². The Morgan fingerprint density at radius 1 is 1.12 bits per heavy atom. The predicted molar refractivity (Wildman–Crippen MR) is 91.1 cm³/mol. The molecule has 0 aliphatic carbocycles. The van der Waals surface area contributed by atoms with Crippen molar-refractivity contribution in [2.75, 3.05) is 6.54 Å². The maximum atomic E-state index is 12.0. The normalized spacial score (nSPS) is 11.1. The lowest BCUT2D eigenvalue weighted by atomic mass is 10.1. The summed E-state index contributed by atoms with van der Waals surface area (Å²) in [6.45, 7) is 1.57. The topological polar surface area (TPSA) is 116 Å². The van der Waals surface area contributed by atoms with Crippen molar-refractivity contribution in [2.24, 2.45) is 5.73 Å². The molecule has 0 aromatic heterocycles. The Bertz CT molecular complexity index is 876. The van der Waals surface area contributed by atoms with Gasteiger partial charge in [0, 0.05) is 0 Å². The van der Waals surface area contributed by atoms with Crippen molar-refractivity contribution < 1.29 is 22.7 Å². The standard InChI is InChI=1S/C17H18N2O5S/c1-12-3-2-4-13(9-12)11-24-17(21)14-5-7-15(8-6-14)25(22,23)19-10-16(18)20/h2-9,19H,10-11H2,1H3,(H2,18,20). The molecule has 0 unspecified atom stereocenters. The van der Waals surface area contributed by atoms with Crippen LogP contribution in [0.4, 0.5) is 0 Å². The van der Waals surface area contributed by atoms with Crippen LogP contribution in [0.3, 0.4) is 0 Å². The van der Waals surface area contributed by atoms with Crippen LogP contribution in [0.25, 0.3) is 0 Å². The molecule has 0 heterocycles. The lowest BCUT2D eigenvalue weighted by molar-refractivity contribution is -0.116. The van der Waals surface area contributed by atoms with Crippen molar-refractivity contribution in [1.82, 2.24) is 4.72 Å². The minimum atomic E-state index is -3.86. The fourth-order valence-electron chi connectivity index (χ4n) is 2.05. The van der Waals surface area contributed by atoms with Gasteiger partial charge in [0.05, 0.1) is 17.0 Å². The highest BCUT2D eigenvalue weighted by molar-refractivity contribution is 7.89. The molecular weight excluding hydrogens is 344 g/mol. The van der Waals surface area contributed by atoms with Crippen LogP contribution in [0.2, 0.25) is 0 Å². The average molecular weight is 362 g/mol. The molecule has 0 spiro atoms. The number of hydrogen-bond donors (Lipinski definition) is 2. The van der Waals surface area contributed by atoms with Crippen molar-refractivity contribution in [3.8, 4) is 0 Å². The van der Waals surface area contributed by atoms with Crippen LogP contribution in [-0.4, -0.2) is 26.8 Å². The lowest BCUT2D eigenvalue weighted by Gasteiger charge is -2.07. The Morgan fingerprint density at radius 3 is 2.40 bits per heavy atom. The van der Waals surface area contributed by atoms with E-state index in [4.69, 9.17) is 10.5 Å². The highest BCUT2D eigenvalue weighted by atomic mass is 32.2. The third kappa shape index (κ3) is 5.40. The van der Waals surface area contributed by atoms with Crippen LogP contribution < -0.4 is 10.5 Å². The lowest BCUT2D eigenvalue weighted by Crippen LogP contribution is -2.33. The van der Waals surface area contributed by atoms with Gasteiger partial charge in [-0.25, -0.2) is 17.9 Å². The van der Waals surface area contributed by atoms with E-state index in [2.05, 4.69) is 4.72 Å². The Labute approximate surface area is 145 Å². The number of hydrogen-bond acceptors (Lipinski definition) is 5. The van der Waals surface area contributed by atoms with Crippen LogP contribution in [-0.2, 0) is 26.2 Å². The van der Waals surface area contributed by atoms with Gasteiger partial charge in [0.15, 0.2) is 0 Å². The highest BCUT2D eigenvalue weighted by Crippen LogP contribution is 2.12. The van der Waals surface area contributed by atoms with Gasteiger partial charge in [-0.1, -0.05) is 29.8 Å². The summed E-state index contributed by atoms with van der Waals surface area (Å²) >= 11 is 0. The van der Waals surface area contributed by atoms with E-state index in [1.165, 1.54) is 24.3 Å². The first-order chi connectivity index (χ1) is 11.8. The van der Waals surface area contributed by atoms with E-state index < -0.39 is 28.4 Å². The number of nitrogens with one attached hydrogen (secondary N) is 1. The molecule has 0 fully saturated rings. The highest BCUT2D eigenvalue weighted by Gasteiger charge is 2.16. The molecule has 132 valence electrons. The number of esters is 1. The van der Waals surface area contributed by atoms with Crippen LogP contribution in [0.5, 0.6) is 0 Å². The summed E-state index contributed by atoms with van der Waals surface area (Å²) < 4.78 is 31.1. The molecule has 2 aromatic rings. The average Bonchev–Trinajstić information content (AvgIpc) is 2.58. The van der Waals surface area contributed by atoms with Gasteiger partial charge >= 0.3 is 5.97 Å². The second-order valence-electron chi connectivity index (χ2n) is 5.38. The SMILES string of the molecule is Cc1cccc(COC(=O)c2ccc(S(=O)(=O)NCC(N)=O)cc2)c1. The zero-order valence-electron chi connectivity index (χ0n) is 13.6. The van der Waals surface area contributed by atoms with Gasteiger partial charge in [0.2, 0.25) is 15.9 Å². The van der Waals surface area contributed by atoms with Crippen molar-refractivity contribution in [3.05, 3.63) is 65.2 Å². The van der Waals surface area contributed by atoms with Gasteiger partial charge in [-0.05, 0) is 36.8 Å². The number of primary amides is 1. The van der Waals surface area contributed by atoms with Gasteiger partial charge in [0.25, 0.3) is 0 Å². The predicted octanol–water partition coefficient (Wildman–Crippen LogP) is 1.12. The van der Waals surface area contributed by atoms with Crippen LogP contribution in [0.15, 0.2) is 53.4 Å². The van der Waals surface area contributed by atoms with Crippen molar-refractivity contribution in [3.63, 3.8) is 0 Å². The molecule has 7 nitrogen and oxygen atoms in total. The molecule has 2 aromatic carbocycles. The van der Waals surface area contributed by atoms with E-state index in [9.17, 15) is 18.0 Å². The van der Waals surface area contributed by atoms with Crippen LogP contribution >= 0.6 is 0 Å². The largest absolute Gasteiger partial charge is 0.457 e. The van der Waals surface area contributed by atoms with Crippen molar-refractivity contribution in [2.45, 2.75) is 18.4 Å². The number of amides is 1. The summed E-state index contributed by atoms with van der Waals surface area (Å²) in [6, 6.07) is 12.8. The number of nitrogens with two attached hydrogens (primary N) is 1. The Hall–Kier alpha value is -2.71. The first-order valence-electron chi connectivity index (χ1n) is 7.38. The fourth-order valence-corrected chi connectivity index (χ4v) is 3.05. The first kappa shape index (κ1) is 18.6. The second kappa shape index (κ2) is 7.91. The quantitative estimate of drug-likeness (QED) is 0.716. The summed E-state index contributed by atoms with van der Waals surface area (Å²) in [5.74, 6) is -1.35. The minimum absolute atomic E-state index is 0.0796. The molecule has 25 heavy (non-hydrogen) atoms. The van der Waals surface area contributed by atoms with E-state index in [0.29, 0.717) is 0 Å². The first-order valence-corrected chi connectivity index (χ1v) is 8.87. The van der Waals surface area contributed by atoms with Gasteiger partial charge in [-0.3, -0.25) is 4.79 Å². The number of carbonyl (C=O) groups excluding carboxylic acids is 2. The number of rotatable bonds is 7. The van der Waals surface area contributed by atoms with Crippen LogP contribution in [0, 0.1) is 6.92 Å². The van der Waals surface area contributed by atoms with E-state index >= 15 is 0 Å². The van der Waals surface area contributed by atoms with Crippen molar-refractivity contribution >= 4 is 21.9 Å². The molecule has 8 heteroatoms. The van der Waals surface area contributed by atoms with Gasteiger partial charge in [0.1, 0.15) is 6.61 Å².